The first-order valence-electron chi connectivity index (χ1n) is 11.1. The molecule has 3 heterocycles. The lowest BCUT2D eigenvalue weighted by molar-refractivity contribution is -0.0764. The smallest absolute Gasteiger partial charge is 0.316 e. The Balaban J connectivity index is 1.52. The van der Waals surface area contributed by atoms with Gasteiger partial charge in [0.25, 0.3) is 5.91 Å². The van der Waals surface area contributed by atoms with E-state index in [0.29, 0.717) is 31.3 Å². The number of hydrogen-bond acceptors (Lipinski definition) is 7. The van der Waals surface area contributed by atoms with Gasteiger partial charge in [0.2, 0.25) is 0 Å². The summed E-state index contributed by atoms with van der Waals surface area (Å²) in [4.78, 5) is 32.5. The fourth-order valence-corrected chi connectivity index (χ4v) is 4.21. The molecule has 0 aliphatic carbocycles. The largest absolute Gasteiger partial charge is 0.467 e. The molecule has 8 nitrogen and oxygen atoms in total. The monoisotopic (exact) mass is 455 g/mol. The molecule has 0 bridgehead atoms. The van der Waals surface area contributed by atoms with Crippen LogP contribution in [0.25, 0.3) is 33.3 Å². The van der Waals surface area contributed by atoms with Crippen molar-refractivity contribution in [2.24, 2.45) is 0 Å². The number of hydrogen-bond donors (Lipinski definition) is 0. The zero-order valence-electron chi connectivity index (χ0n) is 19.4. The van der Waals surface area contributed by atoms with Crippen LogP contribution in [0.5, 0.6) is 6.01 Å². The minimum atomic E-state index is -0.351. The fourth-order valence-electron chi connectivity index (χ4n) is 4.21. The Morgan fingerprint density at radius 2 is 1.82 bits per heavy atom. The number of fused-ring (bicyclic) bond motifs is 1. The molecule has 1 saturated heterocycles. The molecule has 34 heavy (non-hydrogen) atoms. The summed E-state index contributed by atoms with van der Waals surface area (Å²) in [6.45, 7) is 5.67. The first kappa shape index (κ1) is 21.9. The molecule has 4 aromatic rings. The summed E-state index contributed by atoms with van der Waals surface area (Å²) in [6.07, 6.45) is 4.99. The van der Waals surface area contributed by atoms with Gasteiger partial charge in [-0.1, -0.05) is 18.2 Å². The zero-order valence-corrected chi connectivity index (χ0v) is 19.4. The molecule has 0 radical (unpaired) electrons. The van der Waals surface area contributed by atoms with Crippen molar-refractivity contribution in [2.75, 3.05) is 26.8 Å². The van der Waals surface area contributed by atoms with Gasteiger partial charge in [-0.25, -0.2) is 19.9 Å². The summed E-state index contributed by atoms with van der Waals surface area (Å²) < 4.78 is 10.8. The summed E-state index contributed by atoms with van der Waals surface area (Å²) in [5, 5.41) is 0.882. The van der Waals surface area contributed by atoms with Crippen molar-refractivity contribution in [3.63, 3.8) is 0 Å². The van der Waals surface area contributed by atoms with E-state index in [9.17, 15) is 4.79 Å². The van der Waals surface area contributed by atoms with Gasteiger partial charge in [0.15, 0.2) is 0 Å². The van der Waals surface area contributed by atoms with Gasteiger partial charge in [-0.2, -0.15) is 0 Å². The highest BCUT2D eigenvalue weighted by atomic mass is 16.5. The molecule has 0 atom stereocenters. The Morgan fingerprint density at radius 1 is 1.00 bits per heavy atom. The van der Waals surface area contributed by atoms with Crippen LogP contribution in [0.15, 0.2) is 61.2 Å². The van der Waals surface area contributed by atoms with Gasteiger partial charge in [0.1, 0.15) is 6.33 Å². The first-order valence-corrected chi connectivity index (χ1v) is 11.1. The Kier molecular flexibility index (Phi) is 5.67. The first-order chi connectivity index (χ1) is 16.4. The molecule has 8 heteroatoms. The molecule has 0 saturated carbocycles. The molecular weight excluding hydrogens is 430 g/mol. The molecule has 1 amide bonds. The van der Waals surface area contributed by atoms with Gasteiger partial charge >= 0.3 is 6.01 Å². The molecule has 1 fully saturated rings. The summed E-state index contributed by atoms with van der Waals surface area (Å²) >= 11 is 0. The highest BCUT2D eigenvalue weighted by Crippen LogP contribution is 2.30. The lowest BCUT2D eigenvalue weighted by Gasteiger charge is -2.38. The summed E-state index contributed by atoms with van der Waals surface area (Å²) in [5.41, 5.74) is 4.50. The van der Waals surface area contributed by atoms with Crippen molar-refractivity contribution >= 4 is 16.8 Å². The Hall–Kier alpha value is -3.91. The summed E-state index contributed by atoms with van der Waals surface area (Å²) in [6, 6.07) is 13.9. The van der Waals surface area contributed by atoms with Crippen molar-refractivity contribution in [1.29, 1.82) is 0 Å². The third-order valence-corrected chi connectivity index (χ3v) is 5.88. The summed E-state index contributed by atoms with van der Waals surface area (Å²) in [7, 11) is 1.54. The lowest BCUT2D eigenvalue weighted by Crippen LogP contribution is -2.50. The molecule has 0 N–H and O–H groups in total. The number of carbonyl (C=O) groups is 1. The van der Waals surface area contributed by atoms with Gasteiger partial charge in [-0.15, -0.1) is 0 Å². The number of amides is 1. The van der Waals surface area contributed by atoms with Crippen molar-refractivity contribution < 1.29 is 14.3 Å². The SMILES string of the molecule is COc1ncc(-c2ccc3ncnc(-c4cccc(C(=O)N5CCOC(C)(C)C5)c4)c3c2)cn1. The number of aromatic nitrogens is 4. The van der Waals surface area contributed by atoms with Crippen LogP contribution in [0.1, 0.15) is 24.2 Å². The molecule has 0 spiro atoms. The molecule has 1 aliphatic rings. The topological polar surface area (TPSA) is 90.3 Å². The third kappa shape index (κ3) is 4.32. The van der Waals surface area contributed by atoms with E-state index in [1.54, 1.807) is 18.7 Å². The van der Waals surface area contributed by atoms with Crippen LogP contribution in [0.3, 0.4) is 0 Å². The predicted molar refractivity (Wildman–Crippen MR) is 128 cm³/mol. The van der Waals surface area contributed by atoms with Crippen LogP contribution >= 0.6 is 0 Å². The second-order valence-corrected chi connectivity index (χ2v) is 8.83. The van der Waals surface area contributed by atoms with Crippen LogP contribution in [0.4, 0.5) is 0 Å². The van der Waals surface area contributed by atoms with E-state index in [2.05, 4.69) is 19.9 Å². The number of benzene rings is 2. The highest BCUT2D eigenvalue weighted by molar-refractivity contribution is 5.98. The molecule has 5 rings (SSSR count). The molecule has 0 unspecified atom stereocenters. The van der Waals surface area contributed by atoms with Crippen molar-refractivity contribution in [2.45, 2.75) is 19.4 Å². The Morgan fingerprint density at radius 3 is 2.59 bits per heavy atom. The predicted octanol–water partition coefficient (Wildman–Crippen LogP) is 4.01. The number of carbonyl (C=O) groups excluding carboxylic acids is 1. The maximum absolute atomic E-state index is 13.2. The number of ether oxygens (including phenoxy) is 2. The maximum Gasteiger partial charge on any atom is 0.316 e. The van der Waals surface area contributed by atoms with Gasteiger partial charge in [-0.05, 0) is 43.7 Å². The van der Waals surface area contributed by atoms with Crippen molar-refractivity contribution in [3.05, 3.63) is 66.7 Å². The minimum Gasteiger partial charge on any atom is -0.467 e. The van der Waals surface area contributed by atoms with Crippen LogP contribution in [-0.2, 0) is 4.74 Å². The standard InChI is InChI=1S/C26H25N5O3/c1-26(2)15-31(9-10-34-26)24(32)19-6-4-5-18(11-19)23-21-12-17(7-8-22(21)29-16-30-23)20-13-27-25(33-3)28-14-20/h4-8,11-14,16H,9-10,15H2,1-3H3. The minimum absolute atomic E-state index is 0.00680. The maximum atomic E-state index is 13.2. The second-order valence-electron chi connectivity index (χ2n) is 8.83. The number of nitrogens with zero attached hydrogens (tertiary/aromatic N) is 5. The molecule has 2 aromatic heterocycles. The third-order valence-electron chi connectivity index (χ3n) is 5.88. The lowest BCUT2D eigenvalue weighted by atomic mass is 10.00. The van der Waals surface area contributed by atoms with Gasteiger partial charge in [-0.3, -0.25) is 4.79 Å². The van der Waals surface area contributed by atoms with Crippen LogP contribution in [-0.4, -0.2) is 63.2 Å². The van der Waals surface area contributed by atoms with Crippen LogP contribution in [0, 0.1) is 0 Å². The van der Waals surface area contributed by atoms with E-state index in [4.69, 9.17) is 9.47 Å². The quantitative estimate of drug-likeness (QED) is 0.459. The molecule has 172 valence electrons. The van der Waals surface area contributed by atoms with E-state index in [1.165, 1.54) is 7.11 Å². The molecular formula is C26H25N5O3. The zero-order chi connectivity index (χ0) is 23.7. The Bertz CT molecular complexity index is 1350. The number of morpholine rings is 1. The van der Waals surface area contributed by atoms with E-state index < -0.39 is 0 Å². The second kappa shape index (κ2) is 8.79. The van der Waals surface area contributed by atoms with Gasteiger partial charge in [0, 0.05) is 47.6 Å². The molecule has 1 aliphatic heterocycles. The normalized spacial score (nSPS) is 15.3. The Labute approximate surface area is 197 Å². The van der Waals surface area contributed by atoms with E-state index in [0.717, 1.165) is 33.3 Å². The number of methoxy groups -OCH3 is 1. The van der Waals surface area contributed by atoms with E-state index in [-0.39, 0.29) is 11.5 Å². The fraction of sp³-hybridized carbons (Fsp3) is 0.269. The van der Waals surface area contributed by atoms with Crippen molar-refractivity contribution in [3.8, 4) is 28.4 Å². The van der Waals surface area contributed by atoms with Crippen LogP contribution in [0.2, 0.25) is 0 Å². The average molecular weight is 456 g/mol. The highest BCUT2D eigenvalue weighted by Gasteiger charge is 2.30. The van der Waals surface area contributed by atoms with Crippen LogP contribution < -0.4 is 4.74 Å². The van der Waals surface area contributed by atoms with Gasteiger partial charge < -0.3 is 14.4 Å². The van der Waals surface area contributed by atoms with E-state index in [1.807, 2.05) is 61.2 Å². The van der Waals surface area contributed by atoms with Crippen molar-refractivity contribution in [1.82, 2.24) is 24.8 Å². The molecule has 2 aromatic carbocycles. The van der Waals surface area contributed by atoms with E-state index >= 15 is 0 Å². The van der Waals surface area contributed by atoms with Gasteiger partial charge in [0.05, 0.1) is 30.5 Å². The average Bonchev–Trinajstić information content (AvgIpc) is 2.87. The summed E-state index contributed by atoms with van der Waals surface area (Å²) in [5.74, 6) is -0.00680. The number of rotatable bonds is 4.